The van der Waals surface area contributed by atoms with Gasteiger partial charge in [-0.1, -0.05) is 0 Å². The summed E-state index contributed by atoms with van der Waals surface area (Å²) >= 11 is 0. The van der Waals surface area contributed by atoms with Gasteiger partial charge in [-0.2, -0.15) is 0 Å². The van der Waals surface area contributed by atoms with Crippen molar-refractivity contribution >= 4 is 11.7 Å². The zero-order valence-corrected chi connectivity index (χ0v) is 17.4. The molecule has 30 heavy (non-hydrogen) atoms. The van der Waals surface area contributed by atoms with E-state index in [9.17, 15) is 4.79 Å². The van der Waals surface area contributed by atoms with Crippen LogP contribution in [0.15, 0.2) is 36.5 Å². The molecule has 1 saturated heterocycles. The molecule has 7 heteroatoms. The van der Waals surface area contributed by atoms with Crippen LogP contribution in [0, 0.1) is 0 Å². The summed E-state index contributed by atoms with van der Waals surface area (Å²) in [5.41, 5.74) is 1.56. The highest BCUT2D eigenvalue weighted by molar-refractivity contribution is 5.94. The topological polar surface area (TPSA) is 72.9 Å². The Balaban J connectivity index is 1.37. The Kier molecular flexibility index (Phi) is 6.69. The quantitative estimate of drug-likeness (QED) is 0.755. The lowest BCUT2D eigenvalue weighted by Crippen LogP contribution is -2.36. The molecule has 4 rings (SSSR count). The van der Waals surface area contributed by atoms with E-state index >= 15 is 0 Å². The maximum Gasteiger partial charge on any atom is 0.251 e. The van der Waals surface area contributed by atoms with Gasteiger partial charge in [0, 0.05) is 31.4 Å². The van der Waals surface area contributed by atoms with Gasteiger partial charge in [0.15, 0.2) is 11.5 Å². The fourth-order valence-corrected chi connectivity index (χ4v) is 3.91. The Morgan fingerprint density at radius 2 is 1.97 bits per heavy atom. The first-order valence-corrected chi connectivity index (χ1v) is 10.6. The molecule has 0 atom stereocenters. The van der Waals surface area contributed by atoms with Crippen molar-refractivity contribution in [3.8, 4) is 11.5 Å². The van der Waals surface area contributed by atoms with E-state index in [1.165, 1.54) is 12.8 Å². The second kappa shape index (κ2) is 9.80. The summed E-state index contributed by atoms with van der Waals surface area (Å²) < 4.78 is 16.9. The van der Waals surface area contributed by atoms with Gasteiger partial charge in [-0.3, -0.25) is 4.79 Å². The standard InChI is InChI=1S/C23H29N3O4/c1-28-21-15-18(6-7-20(21)30-19-4-2-3-5-19)23(27)25-16-17-8-9-24-22(14-17)26-10-12-29-13-11-26/h6-9,14-15,19H,2-5,10-13,16H2,1H3,(H,25,27). The third kappa shape index (κ3) is 5.02. The van der Waals surface area contributed by atoms with E-state index in [0.717, 1.165) is 37.3 Å². The van der Waals surface area contributed by atoms with Gasteiger partial charge in [-0.05, 0) is 61.6 Å². The van der Waals surface area contributed by atoms with Gasteiger partial charge in [0.25, 0.3) is 5.91 Å². The van der Waals surface area contributed by atoms with E-state index in [1.807, 2.05) is 18.2 Å². The first-order chi connectivity index (χ1) is 14.7. The van der Waals surface area contributed by atoms with Crippen LogP contribution in [0.2, 0.25) is 0 Å². The minimum atomic E-state index is -0.148. The second-order valence-electron chi connectivity index (χ2n) is 7.69. The third-order valence-corrected chi connectivity index (χ3v) is 5.62. The third-order valence-electron chi connectivity index (χ3n) is 5.62. The lowest BCUT2D eigenvalue weighted by atomic mass is 10.1. The van der Waals surface area contributed by atoms with Crippen LogP contribution in [0.3, 0.4) is 0 Å². The van der Waals surface area contributed by atoms with Crippen LogP contribution in [0.1, 0.15) is 41.6 Å². The summed E-state index contributed by atoms with van der Waals surface area (Å²) in [5.74, 6) is 2.06. The van der Waals surface area contributed by atoms with Gasteiger partial charge < -0.3 is 24.4 Å². The van der Waals surface area contributed by atoms with E-state index in [1.54, 1.807) is 25.4 Å². The number of nitrogens with one attached hydrogen (secondary N) is 1. The number of morpholine rings is 1. The van der Waals surface area contributed by atoms with Gasteiger partial charge in [0.2, 0.25) is 0 Å². The number of ether oxygens (including phenoxy) is 3. The summed E-state index contributed by atoms with van der Waals surface area (Å²) in [6.07, 6.45) is 6.58. The molecule has 2 heterocycles. The van der Waals surface area contributed by atoms with E-state index in [2.05, 4.69) is 15.2 Å². The smallest absolute Gasteiger partial charge is 0.251 e. The first kappa shape index (κ1) is 20.5. The number of benzene rings is 1. The van der Waals surface area contributed by atoms with Crippen LogP contribution in [-0.2, 0) is 11.3 Å². The van der Waals surface area contributed by atoms with Crippen molar-refractivity contribution in [2.24, 2.45) is 0 Å². The fraction of sp³-hybridized carbons (Fsp3) is 0.478. The Morgan fingerprint density at radius 3 is 2.73 bits per heavy atom. The van der Waals surface area contributed by atoms with Crippen LogP contribution in [-0.4, -0.2) is 50.4 Å². The molecule has 7 nitrogen and oxygen atoms in total. The van der Waals surface area contributed by atoms with Crippen molar-refractivity contribution < 1.29 is 19.0 Å². The number of hydrogen-bond acceptors (Lipinski definition) is 6. The molecule has 1 amide bonds. The Labute approximate surface area is 177 Å². The molecule has 0 radical (unpaired) electrons. The number of nitrogens with zero attached hydrogens (tertiary/aromatic N) is 2. The van der Waals surface area contributed by atoms with Crippen molar-refractivity contribution in [1.29, 1.82) is 0 Å². The Bertz CT molecular complexity index is 861. The average Bonchev–Trinajstić information content (AvgIpc) is 3.31. The molecule has 160 valence electrons. The number of methoxy groups -OCH3 is 1. The highest BCUT2D eigenvalue weighted by Gasteiger charge is 2.19. The number of pyridine rings is 1. The average molecular weight is 412 g/mol. The van der Waals surface area contributed by atoms with Gasteiger partial charge in [0.05, 0.1) is 26.4 Å². The molecule has 1 aromatic carbocycles. The number of carbonyl (C=O) groups is 1. The number of carbonyl (C=O) groups excluding carboxylic acids is 1. The van der Waals surface area contributed by atoms with Crippen LogP contribution < -0.4 is 19.7 Å². The summed E-state index contributed by atoms with van der Waals surface area (Å²) in [5, 5.41) is 2.98. The van der Waals surface area contributed by atoms with E-state index in [0.29, 0.717) is 36.8 Å². The molecular formula is C23H29N3O4. The molecule has 0 unspecified atom stereocenters. The summed E-state index contributed by atoms with van der Waals surface area (Å²) in [6, 6.07) is 9.29. The van der Waals surface area contributed by atoms with Gasteiger partial charge in [-0.25, -0.2) is 4.98 Å². The number of aromatic nitrogens is 1. The van der Waals surface area contributed by atoms with Crippen molar-refractivity contribution in [2.45, 2.75) is 38.3 Å². The summed E-state index contributed by atoms with van der Waals surface area (Å²) in [7, 11) is 1.60. The van der Waals surface area contributed by atoms with Crippen LogP contribution >= 0.6 is 0 Å². The minimum Gasteiger partial charge on any atom is -0.493 e. The summed E-state index contributed by atoms with van der Waals surface area (Å²) in [4.78, 5) is 19.3. The Hall–Kier alpha value is -2.80. The largest absolute Gasteiger partial charge is 0.493 e. The van der Waals surface area contributed by atoms with E-state index < -0.39 is 0 Å². The minimum absolute atomic E-state index is 0.148. The number of rotatable bonds is 7. The molecule has 1 aliphatic carbocycles. The lowest BCUT2D eigenvalue weighted by Gasteiger charge is -2.28. The SMILES string of the molecule is COc1cc(C(=O)NCc2ccnc(N3CCOCC3)c2)ccc1OC1CCCC1. The molecule has 1 saturated carbocycles. The highest BCUT2D eigenvalue weighted by Crippen LogP contribution is 2.32. The molecule has 2 fully saturated rings. The predicted octanol–water partition coefficient (Wildman–Crippen LogP) is 3.18. The number of amides is 1. The predicted molar refractivity (Wildman–Crippen MR) is 114 cm³/mol. The van der Waals surface area contributed by atoms with Crippen molar-refractivity contribution in [1.82, 2.24) is 10.3 Å². The molecule has 0 bridgehead atoms. The first-order valence-electron chi connectivity index (χ1n) is 10.6. The molecule has 1 aromatic heterocycles. The zero-order chi connectivity index (χ0) is 20.8. The molecule has 2 aromatic rings. The van der Waals surface area contributed by atoms with Gasteiger partial charge >= 0.3 is 0 Å². The molecule has 0 spiro atoms. The van der Waals surface area contributed by atoms with Crippen LogP contribution in [0.5, 0.6) is 11.5 Å². The molecular weight excluding hydrogens is 382 g/mol. The van der Waals surface area contributed by atoms with Crippen molar-refractivity contribution in [3.05, 3.63) is 47.7 Å². The van der Waals surface area contributed by atoms with E-state index in [4.69, 9.17) is 14.2 Å². The summed E-state index contributed by atoms with van der Waals surface area (Å²) in [6.45, 7) is 3.52. The monoisotopic (exact) mass is 411 g/mol. The number of hydrogen-bond donors (Lipinski definition) is 1. The van der Waals surface area contributed by atoms with Crippen LogP contribution in [0.4, 0.5) is 5.82 Å². The van der Waals surface area contributed by atoms with E-state index in [-0.39, 0.29) is 12.0 Å². The van der Waals surface area contributed by atoms with Crippen molar-refractivity contribution in [3.63, 3.8) is 0 Å². The van der Waals surface area contributed by atoms with Crippen molar-refractivity contribution in [2.75, 3.05) is 38.3 Å². The van der Waals surface area contributed by atoms with Gasteiger partial charge in [0.1, 0.15) is 5.82 Å². The fourth-order valence-electron chi connectivity index (χ4n) is 3.91. The molecule has 2 aliphatic rings. The highest BCUT2D eigenvalue weighted by atomic mass is 16.5. The van der Waals surface area contributed by atoms with Gasteiger partial charge in [-0.15, -0.1) is 0 Å². The van der Waals surface area contributed by atoms with Crippen LogP contribution in [0.25, 0.3) is 0 Å². The normalized spacial score (nSPS) is 17.0. The Morgan fingerprint density at radius 1 is 1.17 bits per heavy atom. The maximum atomic E-state index is 12.7. The number of anilines is 1. The molecule has 1 N–H and O–H groups in total. The maximum absolute atomic E-state index is 12.7. The lowest BCUT2D eigenvalue weighted by molar-refractivity contribution is 0.0950. The zero-order valence-electron chi connectivity index (χ0n) is 17.4. The molecule has 1 aliphatic heterocycles. The second-order valence-corrected chi connectivity index (χ2v) is 7.69.